The zero-order valence-electron chi connectivity index (χ0n) is 27.1. The maximum Gasteiger partial charge on any atom is 0.416 e. The number of carbonyl (C=O) groups is 1. The Morgan fingerprint density at radius 2 is 1.68 bits per heavy atom. The van der Waals surface area contributed by atoms with Crippen LogP contribution in [0.25, 0.3) is 0 Å². The second-order valence-electron chi connectivity index (χ2n) is 14.9. The van der Waals surface area contributed by atoms with Gasteiger partial charge in [-0.05, 0) is 110 Å². The van der Waals surface area contributed by atoms with Crippen molar-refractivity contribution >= 4 is 5.91 Å². The van der Waals surface area contributed by atoms with Crippen molar-refractivity contribution in [2.45, 2.75) is 121 Å². The molecule has 1 amide bonds. The molecule has 3 N–H and O–H groups in total. The van der Waals surface area contributed by atoms with Crippen molar-refractivity contribution in [2.24, 2.45) is 23.2 Å². The second-order valence-corrected chi connectivity index (χ2v) is 14.9. The van der Waals surface area contributed by atoms with Gasteiger partial charge in [-0.3, -0.25) is 4.79 Å². The maximum absolute atomic E-state index is 13.5. The van der Waals surface area contributed by atoms with E-state index in [1.165, 1.54) is 17.4 Å². The standard InChI is InChI=1S/C36H45F6NO4/c1-20(29-9-10-30-23(6-5-11-33(29,30)3)7-8-24-15-28(44)17-31(45)21(24)2)12-27-18-34(4,47)32(46)43(27)19-22-13-25(35(37,38)39)16-26(14-22)36(40,41)42/h7-8,13-14,16,20,27-31,44-45,47H,2,5-6,9-12,15,17-19H2,1,3-4H3/b23-7+,24-8-/t20-,27-,28-,29-,30+,31+,33-,34-/m1/s1. The van der Waals surface area contributed by atoms with Crippen molar-refractivity contribution in [1.29, 1.82) is 0 Å². The highest BCUT2D eigenvalue weighted by atomic mass is 19.4. The molecule has 5 nitrogen and oxygen atoms in total. The summed E-state index contributed by atoms with van der Waals surface area (Å²) >= 11 is 0. The molecular formula is C36H45F6NO4. The molecule has 0 aromatic heterocycles. The lowest BCUT2D eigenvalue weighted by atomic mass is 9.60. The Morgan fingerprint density at radius 1 is 1.04 bits per heavy atom. The number of likely N-dealkylation sites (tertiary alicyclic amines) is 1. The number of fused-ring (bicyclic) bond motifs is 1. The van der Waals surface area contributed by atoms with Crippen LogP contribution < -0.4 is 0 Å². The first kappa shape index (κ1) is 35.7. The third-order valence-corrected chi connectivity index (χ3v) is 11.4. The Kier molecular flexibility index (Phi) is 9.62. The van der Waals surface area contributed by atoms with Gasteiger partial charge in [-0.1, -0.05) is 38.2 Å². The van der Waals surface area contributed by atoms with E-state index in [-0.39, 0.29) is 41.7 Å². The monoisotopic (exact) mass is 669 g/mol. The van der Waals surface area contributed by atoms with Crippen LogP contribution in [0, 0.1) is 23.2 Å². The third-order valence-electron chi connectivity index (χ3n) is 11.4. The van der Waals surface area contributed by atoms with Crippen LogP contribution in [0.2, 0.25) is 0 Å². The normalized spacial score (nSPS) is 36.0. The molecule has 3 saturated carbocycles. The van der Waals surface area contributed by atoms with Crippen LogP contribution in [0.1, 0.15) is 95.2 Å². The van der Waals surface area contributed by atoms with Crippen LogP contribution >= 0.6 is 0 Å². The molecule has 5 rings (SSSR count). The smallest absolute Gasteiger partial charge is 0.393 e. The molecule has 1 saturated heterocycles. The number of hydrogen-bond donors (Lipinski definition) is 3. The quantitative estimate of drug-likeness (QED) is 0.271. The lowest BCUT2D eigenvalue weighted by Gasteiger charge is -2.45. The Bertz CT molecular complexity index is 1410. The third kappa shape index (κ3) is 7.22. The van der Waals surface area contributed by atoms with Crippen molar-refractivity contribution in [1.82, 2.24) is 4.90 Å². The van der Waals surface area contributed by atoms with E-state index in [2.05, 4.69) is 26.5 Å². The Balaban J connectivity index is 1.36. The van der Waals surface area contributed by atoms with Crippen molar-refractivity contribution in [2.75, 3.05) is 0 Å². The number of nitrogens with zero attached hydrogens (tertiary/aromatic N) is 1. The van der Waals surface area contributed by atoms with E-state index < -0.39 is 59.8 Å². The first-order valence-electron chi connectivity index (χ1n) is 16.5. The van der Waals surface area contributed by atoms with Gasteiger partial charge < -0.3 is 20.2 Å². The number of rotatable bonds is 6. The average molecular weight is 670 g/mol. The summed E-state index contributed by atoms with van der Waals surface area (Å²) in [6.45, 7) is 9.26. The summed E-state index contributed by atoms with van der Waals surface area (Å²) in [7, 11) is 0. The highest BCUT2D eigenvalue weighted by molar-refractivity contribution is 5.87. The van der Waals surface area contributed by atoms with E-state index in [0.29, 0.717) is 36.5 Å². The number of aliphatic hydroxyl groups excluding tert-OH is 2. The van der Waals surface area contributed by atoms with Crippen molar-refractivity contribution < 1.29 is 46.5 Å². The highest BCUT2D eigenvalue weighted by Gasteiger charge is 2.53. The maximum atomic E-state index is 13.5. The molecule has 0 spiro atoms. The van der Waals surface area contributed by atoms with E-state index >= 15 is 0 Å². The molecule has 1 aromatic carbocycles. The fraction of sp³-hybridized carbons (Fsp3) is 0.639. The molecule has 11 heteroatoms. The number of halogens is 6. The van der Waals surface area contributed by atoms with E-state index in [9.17, 15) is 46.5 Å². The summed E-state index contributed by atoms with van der Waals surface area (Å²) < 4.78 is 81.3. The van der Waals surface area contributed by atoms with E-state index in [1.807, 2.05) is 6.08 Å². The highest BCUT2D eigenvalue weighted by Crippen LogP contribution is 2.60. The zero-order valence-corrected chi connectivity index (χ0v) is 27.1. The van der Waals surface area contributed by atoms with Gasteiger partial charge in [-0.25, -0.2) is 0 Å². The molecule has 4 fully saturated rings. The summed E-state index contributed by atoms with van der Waals surface area (Å²) in [4.78, 5) is 14.6. The molecule has 1 aromatic rings. The number of aliphatic hydroxyl groups is 3. The predicted octanol–water partition coefficient (Wildman–Crippen LogP) is 7.74. The van der Waals surface area contributed by atoms with Gasteiger partial charge >= 0.3 is 12.4 Å². The van der Waals surface area contributed by atoms with Crippen LogP contribution in [0.3, 0.4) is 0 Å². The van der Waals surface area contributed by atoms with Crippen molar-refractivity contribution in [3.63, 3.8) is 0 Å². The van der Waals surface area contributed by atoms with Crippen LogP contribution in [-0.4, -0.2) is 50.0 Å². The summed E-state index contributed by atoms with van der Waals surface area (Å²) in [5.41, 5.74) is -2.20. The first-order chi connectivity index (χ1) is 21.7. The summed E-state index contributed by atoms with van der Waals surface area (Å²) in [6, 6.07) is 0.809. The van der Waals surface area contributed by atoms with E-state index in [0.717, 1.165) is 37.7 Å². The number of amides is 1. The van der Waals surface area contributed by atoms with Gasteiger partial charge in [0.2, 0.25) is 0 Å². The minimum atomic E-state index is -5.00. The van der Waals surface area contributed by atoms with Gasteiger partial charge in [-0.2, -0.15) is 26.3 Å². The van der Waals surface area contributed by atoms with Gasteiger partial charge in [0.15, 0.2) is 0 Å². The lowest BCUT2D eigenvalue weighted by molar-refractivity contribution is -0.143. The molecule has 260 valence electrons. The summed E-state index contributed by atoms with van der Waals surface area (Å²) in [5.74, 6) is -0.0770. The number of alkyl halides is 6. The van der Waals surface area contributed by atoms with E-state index in [4.69, 9.17) is 0 Å². The van der Waals surface area contributed by atoms with Crippen LogP contribution in [0.15, 0.2) is 53.6 Å². The molecule has 0 radical (unpaired) electrons. The zero-order chi connectivity index (χ0) is 34.7. The topological polar surface area (TPSA) is 81.0 Å². The fourth-order valence-corrected chi connectivity index (χ4v) is 9.12. The number of benzene rings is 1. The van der Waals surface area contributed by atoms with Crippen LogP contribution in [-0.2, 0) is 23.7 Å². The van der Waals surface area contributed by atoms with Gasteiger partial charge in [0, 0.05) is 25.4 Å². The number of hydrogen-bond acceptors (Lipinski definition) is 4. The SMILES string of the molecule is C=C1/C(=C\C=C2/CCC[C@]3(C)[C@@H]([C@H](C)C[C@@H]4C[C@@](C)(O)C(=O)N4Cc4cc(C(F)(F)F)cc(C(F)(F)F)c4)CC[C@@H]23)C[C@@H](O)C[C@@H]1O. The van der Waals surface area contributed by atoms with Gasteiger partial charge in [0.25, 0.3) is 5.91 Å². The molecule has 3 aliphatic carbocycles. The number of carbonyl (C=O) groups excluding carboxylic acids is 1. The fourth-order valence-electron chi connectivity index (χ4n) is 9.12. The lowest BCUT2D eigenvalue weighted by Crippen LogP contribution is -2.40. The second kappa shape index (κ2) is 12.7. The predicted molar refractivity (Wildman–Crippen MR) is 165 cm³/mol. The van der Waals surface area contributed by atoms with Gasteiger partial charge in [0.05, 0.1) is 23.3 Å². The molecule has 1 heterocycles. The Hall–Kier alpha value is -2.63. The Labute approximate surface area is 272 Å². The molecule has 0 bridgehead atoms. The first-order valence-corrected chi connectivity index (χ1v) is 16.5. The molecule has 0 unspecified atom stereocenters. The van der Waals surface area contributed by atoms with Crippen molar-refractivity contribution in [3.05, 3.63) is 70.3 Å². The van der Waals surface area contributed by atoms with Crippen LogP contribution in [0.4, 0.5) is 26.3 Å². The summed E-state index contributed by atoms with van der Waals surface area (Å²) in [6.07, 6.45) is -1.25. The largest absolute Gasteiger partial charge is 0.416 e. The minimum absolute atomic E-state index is 0.0361. The number of allylic oxidation sites excluding steroid dienone is 3. The Morgan fingerprint density at radius 3 is 2.30 bits per heavy atom. The molecule has 1 aliphatic heterocycles. The summed E-state index contributed by atoms with van der Waals surface area (Å²) in [5, 5.41) is 31.3. The molecule has 47 heavy (non-hydrogen) atoms. The van der Waals surface area contributed by atoms with Gasteiger partial charge in [-0.15, -0.1) is 0 Å². The molecule has 4 aliphatic rings. The van der Waals surface area contributed by atoms with Crippen LogP contribution in [0.5, 0.6) is 0 Å². The van der Waals surface area contributed by atoms with Gasteiger partial charge in [0.1, 0.15) is 5.60 Å². The van der Waals surface area contributed by atoms with E-state index in [1.54, 1.807) is 0 Å². The average Bonchev–Trinajstić information content (AvgIpc) is 3.42. The molecular weight excluding hydrogens is 624 g/mol. The van der Waals surface area contributed by atoms with Crippen molar-refractivity contribution in [3.8, 4) is 0 Å². The minimum Gasteiger partial charge on any atom is -0.393 e. The molecule has 8 atom stereocenters.